The zero-order valence-electron chi connectivity index (χ0n) is 18.7. The Balaban J connectivity index is 2.41. The molecule has 1 atom stereocenters. The van der Waals surface area contributed by atoms with Crippen molar-refractivity contribution >= 4 is 6.09 Å². The molecule has 0 radical (unpaired) electrons. The lowest BCUT2D eigenvalue weighted by molar-refractivity contribution is 0.170. The van der Waals surface area contributed by atoms with E-state index in [1.54, 1.807) is 0 Å². The van der Waals surface area contributed by atoms with Crippen LogP contribution in [0.2, 0.25) is 0 Å². The Bertz CT molecular complexity index is 764. The zero-order chi connectivity index (χ0) is 21.4. The summed E-state index contributed by atoms with van der Waals surface area (Å²) in [4.78, 5) is 14.6. The summed E-state index contributed by atoms with van der Waals surface area (Å²) in [6.45, 7) is 14.5. The quantitative estimate of drug-likeness (QED) is 0.587. The van der Waals surface area contributed by atoms with E-state index in [0.29, 0.717) is 24.4 Å². The van der Waals surface area contributed by atoms with Gasteiger partial charge in [-0.2, -0.15) is 0 Å². The molecule has 158 valence electrons. The summed E-state index contributed by atoms with van der Waals surface area (Å²) in [5.74, 6) is 0.788. The lowest BCUT2D eigenvalue weighted by Gasteiger charge is -2.32. The van der Waals surface area contributed by atoms with E-state index in [-0.39, 0.29) is 5.92 Å². The van der Waals surface area contributed by atoms with Crippen LogP contribution >= 0.6 is 0 Å². The molecule has 4 nitrogen and oxygen atoms in total. The van der Waals surface area contributed by atoms with Gasteiger partial charge in [0, 0.05) is 30.1 Å². The first-order valence-electron chi connectivity index (χ1n) is 10.7. The second-order valence-electron chi connectivity index (χ2n) is 8.14. The first-order valence-corrected chi connectivity index (χ1v) is 10.7. The molecule has 0 saturated carbocycles. The van der Waals surface area contributed by atoms with Crippen molar-refractivity contribution in [3.05, 3.63) is 65.2 Å². The minimum Gasteiger partial charge on any atom is -0.410 e. The van der Waals surface area contributed by atoms with Crippen LogP contribution < -0.4 is 10.1 Å². The minimum atomic E-state index is -0.407. The summed E-state index contributed by atoms with van der Waals surface area (Å²) in [7, 11) is 0. The Hall–Kier alpha value is -2.33. The van der Waals surface area contributed by atoms with Crippen molar-refractivity contribution in [2.24, 2.45) is 0 Å². The number of hydrogen-bond donors (Lipinski definition) is 1. The third-order valence-corrected chi connectivity index (χ3v) is 5.27. The first kappa shape index (κ1) is 23.0. The highest BCUT2D eigenvalue weighted by atomic mass is 16.6. The van der Waals surface area contributed by atoms with Gasteiger partial charge in [-0.1, -0.05) is 48.0 Å². The molecule has 1 amide bonds. The van der Waals surface area contributed by atoms with Gasteiger partial charge in [0.2, 0.25) is 0 Å². The summed E-state index contributed by atoms with van der Waals surface area (Å²) in [5.41, 5.74) is 3.47. The maximum atomic E-state index is 12.1. The number of benzene rings is 2. The zero-order valence-corrected chi connectivity index (χ0v) is 18.7. The molecule has 0 spiro atoms. The first-order chi connectivity index (χ1) is 13.8. The molecular formula is C25H36N2O2. The van der Waals surface area contributed by atoms with Gasteiger partial charge in [-0.25, -0.2) is 4.79 Å². The number of carbonyl (C=O) groups is 1. The minimum absolute atomic E-state index is 0.153. The molecule has 0 saturated heterocycles. The number of nitrogens with one attached hydrogen (secondary N) is 1. The number of ether oxygens (including phenoxy) is 1. The summed E-state index contributed by atoms with van der Waals surface area (Å²) in [6.07, 6.45) is 0.547. The largest absolute Gasteiger partial charge is 0.412 e. The molecule has 2 rings (SSSR count). The molecule has 2 aromatic rings. The topological polar surface area (TPSA) is 41.6 Å². The average molecular weight is 397 g/mol. The second kappa shape index (κ2) is 11.0. The van der Waals surface area contributed by atoms with Crippen LogP contribution in [0.5, 0.6) is 5.75 Å². The van der Waals surface area contributed by atoms with Crippen molar-refractivity contribution < 1.29 is 9.53 Å². The summed E-state index contributed by atoms with van der Waals surface area (Å²) in [5, 5.41) is 2.73. The van der Waals surface area contributed by atoms with Crippen molar-refractivity contribution in [3.63, 3.8) is 0 Å². The standard InChI is InChI=1S/C25H36N2O2/c1-7-26-25(28)29-24-14-13-20(6)17-23(24)22(21-11-9-8-10-12-21)15-16-27(18(2)3)19(4)5/h8-14,17-19,22H,7,15-16H2,1-6H3,(H,26,28). The Kier molecular flexibility index (Phi) is 8.71. The predicted octanol–water partition coefficient (Wildman–Crippen LogP) is 5.74. The molecular weight excluding hydrogens is 360 g/mol. The van der Waals surface area contributed by atoms with E-state index in [4.69, 9.17) is 4.74 Å². The normalized spacial score (nSPS) is 12.4. The molecule has 4 heteroatoms. The summed E-state index contributed by atoms with van der Waals surface area (Å²) in [6, 6.07) is 17.5. The van der Waals surface area contributed by atoms with Crippen LogP contribution in [-0.4, -0.2) is 36.2 Å². The third kappa shape index (κ3) is 6.60. The summed E-state index contributed by atoms with van der Waals surface area (Å²) < 4.78 is 5.68. The average Bonchev–Trinajstić information content (AvgIpc) is 2.67. The molecule has 0 aliphatic rings. The SMILES string of the molecule is CCNC(=O)Oc1ccc(C)cc1C(CCN(C(C)C)C(C)C)c1ccccc1. The Morgan fingerprint density at radius 3 is 2.28 bits per heavy atom. The van der Waals surface area contributed by atoms with Gasteiger partial charge in [0.1, 0.15) is 5.75 Å². The van der Waals surface area contributed by atoms with Gasteiger partial charge in [-0.05, 0) is 66.1 Å². The van der Waals surface area contributed by atoms with E-state index in [1.807, 2.05) is 25.1 Å². The van der Waals surface area contributed by atoms with Crippen LogP contribution in [0.25, 0.3) is 0 Å². The Morgan fingerprint density at radius 1 is 1.03 bits per heavy atom. The van der Waals surface area contributed by atoms with Gasteiger partial charge >= 0.3 is 6.09 Å². The van der Waals surface area contributed by atoms with Crippen LogP contribution in [0.4, 0.5) is 4.79 Å². The molecule has 2 aromatic carbocycles. The van der Waals surface area contributed by atoms with Gasteiger partial charge in [0.15, 0.2) is 0 Å². The molecule has 0 aliphatic carbocycles. The van der Waals surface area contributed by atoms with Gasteiger partial charge in [-0.15, -0.1) is 0 Å². The van der Waals surface area contributed by atoms with Gasteiger partial charge < -0.3 is 10.1 Å². The highest BCUT2D eigenvalue weighted by molar-refractivity contribution is 5.71. The molecule has 0 aromatic heterocycles. The third-order valence-electron chi connectivity index (χ3n) is 5.27. The number of hydrogen-bond acceptors (Lipinski definition) is 3. The fourth-order valence-electron chi connectivity index (χ4n) is 3.89. The van der Waals surface area contributed by atoms with E-state index >= 15 is 0 Å². The number of amides is 1. The highest BCUT2D eigenvalue weighted by Crippen LogP contribution is 2.36. The lowest BCUT2D eigenvalue weighted by Crippen LogP contribution is -2.38. The van der Waals surface area contributed by atoms with E-state index in [2.05, 4.69) is 75.2 Å². The van der Waals surface area contributed by atoms with Gasteiger partial charge in [0.05, 0.1) is 0 Å². The molecule has 1 unspecified atom stereocenters. The van der Waals surface area contributed by atoms with Crippen LogP contribution in [0.1, 0.15) is 63.6 Å². The molecule has 0 heterocycles. The molecule has 29 heavy (non-hydrogen) atoms. The van der Waals surface area contributed by atoms with E-state index in [9.17, 15) is 4.79 Å². The van der Waals surface area contributed by atoms with Crippen molar-refractivity contribution in [1.82, 2.24) is 10.2 Å². The van der Waals surface area contributed by atoms with Crippen molar-refractivity contribution in [2.45, 2.75) is 66.0 Å². The predicted molar refractivity (Wildman–Crippen MR) is 121 cm³/mol. The number of rotatable bonds is 9. The van der Waals surface area contributed by atoms with E-state index in [1.165, 1.54) is 5.56 Å². The molecule has 0 fully saturated rings. The van der Waals surface area contributed by atoms with Crippen LogP contribution in [0.15, 0.2) is 48.5 Å². The fourth-order valence-corrected chi connectivity index (χ4v) is 3.89. The second-order valence-corrected chi connectivity index (χ2v) is 8.14. The van der Waals surface area contributed by atoms with Crippen LogP contribution in [0, 0.1) is 6.92 Å². The van der Waals surface area contributed by atoms with Crippen molar-refractivity contribution in [3.8, 4) is 5.75 Å². The Labute approximate surface area is 176 Å². The van der Waals surface area contributed by atoms with Crippen molar-refractivity contribution in [1.29, 1.82) is 0 Å². The van der Waals surface area contributed by atoms with E-state index in [0.717, 1.165) is 24.1 Å². The molecule has 0 bridgehead atoms. The van der Waals surface area contributed by atoms with Crippen molar-refractivity contribution in [2.75, 3.05) is 13.1 Å². The monoisotopic (exact) mass is 396 g/mol. The summed E-state index contributed by atoms with van der Waals surface area (Å²) >= 11 is 0. The Morgan fingerprint density at radius 2 is 1.69 bits per heavy atom. The van der Waals surface area contributed by atoms with Gasteiger partial charge in [-0.3, -0.25) is 4.90 Å². The van der Waals surface area contributed by atoms with E-state index < -0.39 is 6.09 Å². The maximum Gasteiger partial charge on any atom is 0.412 e. The number of carbonyl (C=O) groups excluding carboxylic acids is 1. The number of nitrogens with zero attached hydrogens (tertiary/aromatic N) is 1. The maximum absolute atomic E-state index is 12.1. The van der Waals surface area contributed by atoms with Crippen LogP contribution in [0.3, 0.4) is 0 Å². The van der Waals surface area contributed by atoms with Gasteiger partial charge in [0.25, 0.3) is 0 Å². The molecule has 1 N–H and O–H groups in total. The van der Waals surface area contributed by atoms with Crippen LogP contribution in [-0.2, 0) is 0 Å². The molecule has 0 aliphatic heterocycles. The number of aryl methyl sites for hydroxylation is 1. The smallest absolute Gasteiger partial charge is 0.410 e. The fraction of sp³-hybridized carbons (Fsp3) is 0.480. The lowest BCUT2D eigenvalue weighted by atomic mass is 9.86. The highest BCUT2D eigenvalue weighted by Gasteiger charge is 2.23.